The second kappa shape index (κ2) is 3.92. The number of carbonyl (C=O) groups excluding carboxylic acids is 1. The van der Waals surface area contributed by atoms with E-state index in [0.717, 1.165) is 17.1 Å². The first-order valence-corrected chi connectivity index (χ1v) is 5.84. The second-order valence-corrected chi connectivity index (χ2v) is 4.08. The van der Waals surface area contributed by atoms with Gasteiger partial charge in [0.15, 0.2) is 0 Å². The monoisotopic (exact) mass is 208 g/mol. The molecule has 0 atom stereocenters. The summed E-state index contributed by atoms with van der Waals surface area (Å²) in [6.45, 7) is 0.370. The molecule has 0 saturated heterocycles. The summed E-state index contributed by atoms with van der Waals surface area (Å²) in [6.07, 6.45) is 2.07. The molecule has 0 saturated carbocycles. The summed E-state index contributed by atoms with van der Waals surface area (Å²) in [5, 5.41) is 5.91. The zero-order valence-corrected chi connectivity index (χ0v) is 8.78. The van der Waals surface area contributed by atoms with E-state index in [1.165, 1.54) is 5.56 Å². The lowest BCUT2D eigenvalue weighted by Crippen LogP contribution is -2.27. The van der Waals surface area contributed by atoms with E-state index < -0.39 is 0 Å². The summed E-state index contributed by atoms with van der Waals surface area (Å²) in [7, 11) is 0. The van der Waals surface area contributed by atoms with Crippen LogP contribution in [0.15, 0.2) is 18.2 Å². The number of hydrogen-bond acceptors (Lipinski definition) is 3. The molecule has 2 N–H and O–H groups in total. The molecule has 0 aromatic heterocycles. The first kappa shape index (κ1) is 9.40. The van der Waals surface area contributed by atoms with E-state index in [0.29, 0.717) is 6.54 Å². The molecule has 14 heavy (non-hydrogen) atoms. The molecule has 1 aromatic rings. The number of rotatable bonds is 2. The molecule has 74 valence electrons. The number of amides is 1. The molecule has 0 fully saturated rings. The predicted molar refractivity (Wildman–Crippen MR) is 60.8 cm³/mol. The first-order chi connectivity index (χ1) is 6.79. The van der Waals surface area contributed by atoms with Gasteiger partial charge in [0.05, 0.1) is 17.9 Å². The van der Waals surface area contributed by atoms with Gasteiger partial charge in [0.25, 0.3) is 0 Å². The van der Waals surface area contributed by atoms with Crippen LogP contribution in [0.4, 0.5) is 11.4 Å². The molecule has 1 amide bonds. The fraction of sp³-hybridized carbons (Fsp3) is 0.300. The van der Waals surface area contributed by atoms with Gasteiger partial charge in [0.1, 0.15) is 0 Å². The molecular weight excluding hydrogens is 196 g/mol. The normalized spacial score (nSPS) is 14.2. The minimum Gasteiger partial charge on any atom is -0.374 e. The van der Waals surface area contributed by atoms with Crippen molar-refractivity contribution < 1.29 is 4.79 Å². The highest BCUT2D eigenvalue weighted by molar-refractivity contribution is 7.97. The zero-order chi connectivity index (χ0) is 9.97. The summed E-state index contributed by atoms with van der Waals surface area (Å²) in [5.74, 6) is 1.00. The summed E-state index contributed by atoms with van der Waals surface area (Å²) in [4.78, 5) is 11.1. The minimum absolute atomic E-state index is 0.0267. The van der Waals surface area contributed by atoms with Crippen LogP contribution >= 0.6 is 11.8 Å². The van der Waals surface area contributed by atoms with Crippen LogP contribution in [0.2, 0.25) is 0 Å². The summed E-state index contributed by atoms with van der Waals surface area (Å²) < 4.78 is 0. The fourth-order valence-corrected chi connectivity index (χ4v) is 1.99. The Bertz CT molecular complexity index is 365. The average molecular weight is 208 g/mol. The Morgan fingerprint density at radius 2 is 2.29 bits per heavy atom. The molecule has 1 heterocycles. The number of benzene rings is 1. The number of thioether (sulfide) groups is 1. The summed E-state index contributed by atoms with van der Waals surface area (Å²) >= 11 is 1.77. The van der Waals surface area contributed by atoms with Gasteiger partial charge in [-0.1, -0.05) is 6.07 Å². The Morgan fingerprint density at radius 1 is 1.43 bits per heavy atom. The molecule has 0 aliphatic carbocycles. The van der Waals surface area contributed by atoms with E-state index in [9.17, 15) is 4.79 Å². The Morgan fingerprint density at radius 3 is 3.07 bits per heavy atom. The molecule has 0 spiro atoms. The number of fused-ring (bicyclic) bond motifs is 1. The maximum absolute atomic E-state index is 11.1. The largest absolute Gasteiger partial charge is 0.374 e. The van der Waals surface area contributed by atoms with Gasteiger partial charge in [0, 0.05) is 5.75 Å². The Hall–Kier alpha value is -1.16. The average Bonchev–Trinajstić information content (AvgIpc) is 2.17. The number of carbonyl (C=O) groups is 1. The fourth-order valence-electron chi connectivity index (χ4n) is 1.48. The predicted octanol–water partition coefficient (Wildman–Crippen LogP) is 1.91. The molecule has 0 radical (unpaired) electrons. The maximum atomic E-state index is 11.1. The van der Waals surface area contributed by atoms with Gasteiger partial charge in [0.2, 0.25) is 5.91 Å². The van der Waals surface area contributed by atoms with Gasteiger partial charge in [-0.15, -0.1) is 0 Å². The minimum atomic E-state index is 0.0267. The van der Waals surface area contributed by atoms with Gasteiger partial charge < -0.3 is 10.6 Å². The molecule has 3 nitrogen and oxygen atoms in total. The van der Waals surface area contributed by atoms with Crippen molar-refractivity contribution in [1.82, 2.24) is 0 Å². The van der Waals surface area contributed by atoms with Crippen molar-refractivity contribution in [3.63, 3.8) is 0 Å². The molecule has 1 aliphatic rings. The van der Waals surface area contributed by atoms with Crippen molar-refractivity contribution in [2.24, 2.45) is 0 Å². The SMILES string of the molecule is CSCc1ccc2c(c1)NC(=O)CN2. The maximum Gasteiger partial charge on any atom is 0.243 e. The van der Waals surface area contributed by atoms with E-state index in [1.54, 1.807) is 11.8 Å². The highest BCUT2D eigenvalue weighted by Gasteiger charge is 2.13. The lowest BCUT2D eigenvalue weighted by molar-refractivity contribution is -0.114. The van der Waals surface area contributed by atoms with Crippen LogP contribution in [0.25, 0.3) is 0 Å². The van der Waals surface area contributed by atoms with Crippen LogP contribution in [0.5, 0.6) is 0 Å². The first-order valence-electron chi connectivity index (χ1n) is 4.45. The Kier molecular flexibility index (Phi) is 2.63. The Labute approximate surface area is 87.3 Å². The molecule has 0 bridgehead atoms. The molecule has 0 unspecified atom stereocenters. The molecule has 1 aromatic carbocycles. The Balaban J connectivity index is 2.28. The van der Waals surface area contributed by atoms with E-state index in [1.807, 2.05) is 12.1 Å². The molecule has 1 aliphatic heterocycles. The quantitative estimate of drug-likeness (QED) is 0.780. The number of hydrogen-bond donors (Lipinski definition) is 2. The van der Waals surface area contributed by atoms with Crippen molar-refractivity contribution in [2.45, 2.75) is 5.75 Å². The summed E-state index contributed by atoms with van der Waals surface area (Å²) in [6, 6.07) is 6.12. The standard InChI is InChI=1S/C10H12N2OS/c1-14-6-7-2-3-8-9(4-7)12-10(13)5-11-8/h2-4,11H,5-6H2,1H3,(H,12,13). The van der Waals surface area contributed by atoms with Crippen LogP contribution in [-0.4, -0.2) is 18.7 Å². The highest BCUT2D eigenvalue weighted by atomic mass is 32.2. The smallest absolute Gasteiger partial charge is 0.243 e. The number of anilines is 2. The second-order valence-electron chi connectivity index (χ2n) is 3.21. The van der Waals surface area contributed by atoms with Crippen molar-refractivity contribution in [1.29, 1.82) is 0 Å². The van der Waals surface area contributed by atoms with Gasteiger partial charge in [-0.25, -0.2) is 0 Å². The molecular formula is C10H12N2OS. The van der Waals surface area contributed by atoms with E-state index in [-0.39, 0.29) is 5.91 Å². The van der Waals surface area contributed by atoms with Crippen molar-refractivity contribution >= 4 is 29.0 Å². The van der Waals surface area contributed by atoms with Crippen molar-refractivity contribution in [3.05, 3.63) is 23.8 Å². The number of nitrogens with one attached hydrogen (secondary N) is 2. The van der Waals surface area contributed by atoms with E-state index in [4.69, 9.17) is 0 Å². The molecule has 4 heteroatoms. The highest BCUT2D eigenvalue weighted by Crippen LogP contribution is 2.26. The zero-order valence-electron chi connectivity index (χ0n) is 7.96. The van der Waals surface area contributed by atoms with E-state index in [2.05, 4.69) is 23.0 Å². The third kappa shape index (κ3) is 1.85. The van der Waals surface area contributed by atoms with Gasteiger partial charge >= 0.3 is 0 Å². The van der Waals surface area contributed by atoms with E-state index >= 15 is 0 Å². The lowest BCUT2D eigenvalue weighted by atomic mass is 10.1. The van der Waals surface area contributed by atoms with Gasteiger partial charge in [-0.2, -0.15) is 11.8 Å². The third-order valence-corrected chi connectivity index (χ3v) is 2.73. The van der Waals surface area contributed by atoms with Crippen molar-refractivity contribution in [3.8, 4) is 0 Å². The third-order valence-electron chi connectivity index (χ3n) is 2.11. The van der Waals surface area contributed by atoms with Gasteiger partial charge in [-0.05, 0) is 24.0 Å². The lowest BCUT2D eigenvalue weighted by Gasteiger charge is -2.19. The topological polar surface area (TPSA) is 41.1 Å². The molecule has 2 rings (SSSR count). The van der Waals surface area contributed by atoms with Crippen LogP contribution in [0, 0.1) is 0 Å². The van der Waals surface area contributed by atoms with Crippen molar-refractivity contribution in [2.75, 3.05) is 23.4 Å². The summed E-state index contributed by atoms with van der Waals surface area (Å²) in [5.41, 5.74) is 3.14. The van der Waals surface area contributed by atoms with Crippen LogP contribution in [0.3, 0.4) is 0 Å². The van der Waals surface area contributed by atoms with Crippen LogP contribution in [0.1, 0.15) is 5.56 Å². The van der Waals surface area contributed by atoms with Crippen LogP contribution < -0.4 is 10.6 Å². The van der Waals surface area contributed by atoms with Gasteiger partial charge in [-0.3, -0.25) is 4.79 Å². The van der Waals surface area contributed by atoms with Crippen LogP contribution in [-0.2, 0) is 10.5 Å².